The van der Waals surface area contributed by atoms with Gasteiger partial charge in [0.05, 0.1) is 0 Å². The molecule has 22 heavy (non-hydrogen) atoms. The molecule has 5 nitrogen and oxygen atoms in total. The van der Waals surface area contributed by atoms with Crippen LogP contribution in [0.1, 0.15) is 17.2 Å². The second kappa shape index (κ2) is 5.83. The van der Waals surface area contributed by atoms with Gasteiger partial charge in [0.15, 0.2) is 0 Å². The number of carbonyl (C=O) groups excluding carboxylic acids is 1. The van der Waals surface area contributed by atoms with Crippen LogP contribution >= 0.6 is 11.3 Å². The summed E-state index contributed by atoms with van der Waals surface area (Å²) in [7, 11) is -3.67. The fourth-order valence-corrected chi connectivity index (χ4v) is 5.19. The van der Waals surface area contributed by atoms with Crippen LogP contribution in [0.2, 0.25) is 0 Å². The Morgan fingerprint density at radius 2 is 1.95 bits per heavy atom. The standard InChI is InChI=1S/C15H16N2O3S2/c1-11-4-6-12(7-5-11)14-15(18)16-8-9-17(14)22(19,20)13-3-2-10-21-13/h2-7,10,14H,8-9H2,1H3,(H,16,18). The van der Waals surface area contributed by atoms with Crippen LogP contribution in [0, 0.1) is 6.92 Å². The lowest BCUT2D eigenvalue weighted by atomic mass is 10.0. The minimum absolute atomic E-state index is 0.263. The van der Waals surface area contributed by atoms with Crippen molar-refractivity contribution in [3.8, 4) is 0 Å². The third-order valence-corrected chi connectivity index (χ3v) is 6.86. The monoisotopic (exact) mass is 336 g/mol. The number of nitrogens with one attached hydrogen (secondary N) is 1. The average Bonchev–Trinajstić information content (AvgIpc) is 3.03. The Balaban J connectivity index is 2.04. The average molecular weight is 336 g/mol. The maximum absolute atomic E-state index is 12.8. The van der Waals surface area contributed by atoms with Crippen LogP contribution in [0.3, 0.4) is 0 Å². The molecule has 1 aliphatic rings. The maximum Gasteiger partial charge on any atom is 0.253 e. The van der Waals surface area contributed by atoms with Gasteiger partial charge in [0.2, 0.25) is 5.91 Å². The zero-order valence-corrected chi connectivity index (χ0v) is 13.7. The molecule has 1 fully saturated rings. The first kappa shape index (κ1) is 15.2. The molecule has 1 saturated heterocycles. The first-order valence-corrected chi connectivity index (χ1v) is 9.22. The summed E-state index contributed by atoms with van der Waals surface area (Å²) in [6.45, 7) is 2.54. The number of hydrogen-bond acceptors (Lipinski definition) is 4. The summed E-state index contributed by atoms with van der Waals surface area (Å²) in [5.74, 6) is -0.282. The van der Waals surface area contributed by atoms with E-state index in [-0.39, 0.29) is 16.7 Å². The number of aryl methyl sites for hydroxylation is 1. The molecule has 0 bridgehead atoms. The van der Waals surface area contributed by atoms with Crippen LogP contribution in [0.25, 0.3) is 0 Å². The van der Waals surface area contributed by atoms with Crippen molar-refractivity contribution in [2.75, 3.05) is 13.1 Å². The van der Waals surface area contributed by atoms with Crippen molar-refractivity contribution in [2.45, 2.75) is 17.2 Å². The lowest BCUT2D eigenvalue weighted by Gasteiger charge is -2.33. The van der Waals surface area contributed by atoms with Gasteiger partial charge in [0.1, 0.15) is 10.3 Å². The summed E-state index contributed by atoms with van der Waals surface area (Å²) in [6, 6.07) is 9.83. The van der Waals surface area contributed by atoms with Gasteiger partial charge in [-0.25, -0.2) is 8.42 Å². The van der Waals surface area contributed by atoms with Crippen LogP contribution < -0.4 is 5.32 Å². The lowest BCUT2D eigenvalue weighted by molar-refractivity contribution is -0.126. The second-order valence-electron chi connectivity index (χ2n) is 5.15. The number of rotatable bonds is 3. The molecule has 2 aromatic rings. The van der Waals surface area contributed by atoms with E-state index in [0.29, 0.717) is 12.1 Å². The van der Waals surface area contributed by atoms with Crippen molar-refractivity contribution < 1.29 is 13.2 Å². The molecule has 116 valence electrons. The normalized spacial score (nSPS) is 19.9. The van der Waals surface area contributed by atoms with Gasteiger partial charge in [-0.15, -0.1) is 11.3 Å². The lowest BCUT2D eigenvalue weighted by Crippen LogP contribution is -2.51. The fraction of sp³-hybridized carbons (Fsp3) is 0.267. The van der Waals surface area contributed by atoms with Crippen molar-refractivity contribution in [3.05, 3.63) is 52.9 Å². The minimum Gasteiger partial charge on any atom is -0.353 e. The summed E-state index contributed by atoms with van der Waals surface area (Å²) in [6.07, 6.45) is 0. The van der Waals surface area contributed by atoms with E-state index in [1.165, 1.54) is 4.31 Å². The molecule has 0 radical (unpaired) electrons. The van der Waals surface area contributed by atoms with E-state index >= 15 is 0 Å². The van der Waals surface area contributed by atoms with Crippen molar-refractivity contribution in [3.63, 3.8) is 0 Å². The molecule has 0 saturated carbocycles. The number of nitrogens with zero attached hydrogens (tertiary/aromatic N) is 1. The Hall–Kier alpha value is -1.70. The van der Waals surface area contributed by atoms with E-state index < -0.39 is 16.1 Å². The number of thiophene rings is 1. The van der Waals surface area contributed by atoms with E-state index in [1.807, 2.05) is 31.2 Å². The number of piperazine rings is 1. The van der Waals surface area contributed by atoms with Crippen LogP contribution in [0.4, 0.5) is 0 Å². The largest absolute Gasteiger partial charge is 0.353 e. The molecular formula is C15H16N2O3S2. The molecule has 1 N–H and O–H groups in total. The third-order valence-electron chi connectivity index (χ3n) is 3.62. The van der Waals surface area contributed by atoms with Crippen molar-refractivity contribution in [1.29, 1.82) is 0 Å². The van der Waals surface area contributed by atoms with E-state index in [2.05, 4.69) is 5.32 Å². The van der Waals surface area contributed by atoms with Gasteiger partial charge in [-0.05, 0) is 23.9 Å². The summed E-state index contributed by atoms with van der Waals surface area (Å²) in [5, 5.41) is 4.47. The number of amides is 1. The molecule has 0 aliphatic carbocycles. The van der Waals surface area contributed by atoms with Crippen molar-refractivity contribution >= 4 is 27.3 Å². The molecule has 1 amide bonds. The first-order chi connectivity index (χ1) is 10.5. The smallest absolute Gasteiger partial charge is 0.253 e. The maximum atomic E-state index is 12.8. The molecule has 0 spiro atoms. The van der Waals surface area contributed by atoms with Crippen LogP contribution in [-0.2, 0) is 14.8 Å². The zero-order chi connectivity index (χ0) is 15.7. The highest BCUT2D eigenvalue weighted by atomic mass is 32.2. The summed E-state index contributed by atoms with van der Waals surface area (Å²) >= 11 is 1.16. The van der Waals surface area contributed by atoms with Gasteiger partial charge >= 0.3 is 0 Å². The second-order valence-corrected chi connectivity index (χ2v) is 8.22. The molecular weight excluding hydrogens is 320 g/mol. The van der Waals surface area contributed by atoms with Gasteiger partial charge in [0, 0.05) is 13.1 Å². The van der Waals surface area contributed by atoms with E-state index in [9.17, 15) is 13.2 Å². The Morgan fingerprint density at radius 1 is 1.23 bits per heavy atom. The topological polar surface area (TPSA) is 66.5 Å². The Morgan fingerprint density at radius 3 is 2.59 bits per heavy atom. The predicted octanol–water partition coefficient (Wildman–Crippen LogP) is 1.92. The highest BCUT2D eigenvalue weighted by Crippen LogP contribution is 2.31. The Bertz CT molecular complexity index is 768. The van der Waals surface area contributed by atoms with E-state index in [1.54, 1.807) is 17.5 Å². The highest BCUT2D eigenvalue weighted by Gasteiger charge is 2.39. The van der Waals surface area contributed by atoms with Gasteiger partial charge in [0.25, 0.3) is 10.0 Å². The van der Waals surface area contributed by atoms with Gasteiger partial charge in [-0.3, -0.25) is 4.79 Å². The molecule has 1 aromatic heterocycles. The minimum atomic E-state index is -3.67. The van der Waals surface area contributed by atoms with Gasteiger partial charge < -0.3 is 5.32 Å². The SMILES string of the molecule is Cc1ccc(C2C(=O)NCCN2S(=O)(=O)c2cccs2)cc1. The molecule has 1 aliphatic heterocycles. The van der Waals surface area contributed by atoms with Crippen molar-refractivity contribution in [1.82, 2.24) is 9.62 Å². The molecule has 3 rings (SSSR count). The summed E-state index contributed by atoms with van der Waals surface area (Å²) in [4.78, 5) is 12.3. The molecule has 1 atom stereocenters. The number of carbonyl (C=O) groups is 1. The molecule has 1 unspecified atom stereocenters. The number of hydrogen-bond donors (Lipinski definition) is 1. The van der Waals surface area contributed by atoms with Crippen molar-refractivity contribution in [2.24, 2.45) is 0 Å². The van der Waals surface area contributed by atoms with Crippen LogP contribution in [0.15, 0.2) is 46.0 Å². The number of benzene rings is 1. The summed E-state index contributed by atoms with van der Waals surface area (Å²) < 4.78 is 27.2. The van der Waals surface area contributed by atoms with Gasteiger partial charge in [-0.2, -0.15) is 4.31 Å². The quantitative estimate of drug-likeness (QED) is 0.931. The number of sulfonamides is 1. The molecule has 2 heterocycles. The zero-order valence-electron chi connectivity index (χ0n) is 12.0. The molecule has 7 heteroatoms. The Kier molecular flexibility index (Phi) is 4.03. The first-order valence-electron chi connectivity index (χ1n) is 6.90. The van der Waals surface area contributed by atoms with Gasteiger partial charge in [-0.1, -0.05) is 35.9 Å². The van der Waals surface area contributed by atoms with E-state index in [4.69, 9.17) is 0 Å². The fourth-order valence-electron chi connectivity index (χ4n) is 2.50. The highest BCUT2D eigenvalue weighted by molar-refractivity contribution is 7.91. The van der Waals surface area contributed by atoms with Crippen LogP contribution in [0.5, 0.6) is 0 Å². The van der Waals surface area contributed by atoms with E-state index in [0.717, 1.165) is 16.9 Å². The third kappa shape index (κ3) is 2.67. The molecule has 1 aromatic carbocycles. The predicted molar refractivity (Wildman–Crippen MR) is 85.1 cm³/mol. The van der Waals surface area contributed by atoms with Crippen LogP contribution in [-0.4, -0.2) is 31.7 Å². The Labute approximate surface area is 133 Å². The summed E-state index contributed by atoms with van der Waals surface area (Å²) in [5.41, 5.74) is 1.75.